The van der Waals surface area contributed by atoms with Crippen molar-refractivity contribution in [3.05, 3.63) is 84.2 Å². The fourth-order valence-electron chi connectivity index (χ4n) is 3.50. The molecule has 1 aliphatic rings. The molecule has 1 amide bonds. The largest absolute Gasteiger partial charge is 0.497 e. The molecule has 0 spiro atoms. The standard InChI is InChI=1S/C23H21FN2O6S2/c1-32-19-8-10-20(11-9-19)33(28,29)22-14-26(15-22)23(27)16-4-2-6-18(12-16)25-34(30,31)21-7-3-5-17(24)13-21/h2-13,22,25H,14-15H2,1H3. The van der Waals surface area contributed by atoms with E-state index in [9.17, 15) is 26.0 Å². The molecule has 0 saturated carbocycles. The van der Waals surface area contributed by atoms with Crippen molar-refractivity contribution in [2.45, 2.75) is 15.0 Å². The number of amides is 1. The lowest BCUT2D eigenvalue weighted by Crippen LogP contribution is -2.56. The van der Waals surface area contributed by atoms with Gasteiger partial charge in [0.15, 0.2) is 9.84 Å². The maximum atomic E-state index is 13.4. The summed E-state index contributed by atoms with van der Waals surface area (Å²) in [6.45, 7) is 0.0406. The molecule has 1 saturated heterocycles. The summed E-state index contributed by atoms with van der Waals surface area (Å²) in [4.78, 5) is 14.1. The molecule has 34 heavy (non-hydrogen) atoms. The second-order valence-electron chi connectivity index (χ2n) is 7.70. The van der Waals surface area contributed by atoms with Crippen molar-refractivity contribution in [1.82, 2.24) is 4.90 Å². The number of carbonyl (C=O) groups excluding carboxylic acids is 1. The van der Waals surface area contributed by atoms with Gasteiger partial charge in [0, 0.05) is 24.3 Å². The molecule has 0 bridgehead atoms. The van der Waals surface area contributed by atoms with E-state index in [0.717, 1.165) is 12.1 Å². The summed E-state index contributed by atoms with van der Waals surface area (Å²) in [7, 11) is -6.18. The van der Waals surface area contributed by atoms with Crippen LogP contribution in [0.3, 0.4) is 0 Å². The Labute approximate surface area is 197 Å². The number of benzene rings is 3. The molecule has 3 aromatic rings. The number of sulfone groups is 1. The van der Waals surface area contributed by atoms with Gasteiger partial charge in [-0.1, -0.05) is 12.1 Å². The Hall–Kier alpha value is -3.44. The molecule has 1 fully saturated rings. The summed E-state index contributed by atoms with van der Waals surface area (Å²) >= 11 is 0. The number of nitrogens with zero attached hydrogens (tertiary/aromatic N) is 1. The van der Waals surface area contributed by atoms with Crippen LogP contribution in [0.2, 0.25) is 0 Å². The van der Waals surface area contributed by atoms with Crippen molar-refractivity contribution >= 4 is 31.5 Å². The maximum Gasteiger partial charge on any atom is 0.261 e. The van der Waals surface area contributed by atoms with Crippen molar-refractivity contribution in [1.29, 1.82) is 0 Å². The molecule has 0 aliphatic carbocycles. The Bertz CT molecular complexity index is 1430. The van der Waals surface area contributed by atoms with Gasteiger partial charge in [0.1, 0.15) is 16.8 Å². The average molecular weight is 505 g/mol. The first-order valence-electron chi connectivity index (χ1n) is 10.2. The molecule has 1 aliphatic heterocycles. The lowest BCUT2D eigenvalue weighted by Gasteiger charge is -2.38. The third-order valence-corrected chi connectivity index (χ3v) is 8.91. The number of nitrogens with one attached hydrogen (secondary N) is 1. The first-order valence-corrected chi connectivity index (χ1v) is 13.2. The van der Waals surface area contributed by atoms with Crippen LogP contribution in [0.25, 0.3) is 0 Å². The maximum absolute atomic E-state index is 13.4. The number of rotatable bonds is 7. The minimum Gasteiger partial charge on any atom is -0.497 e. The van der Waals surface area contributed by atoms with Crippen LogP contribution in [-0.2, 0) is 19.9 Å². The molecule has 0 aromatic heterocycles. The van der Waals surface area contributed by atoms with Gasteiger partial charge in [-0.3, -0.25) is 9.52 Å². The van der Waals surface area contributed by atoms with Crippen LogP contribution in [-0.4, -0.2) is 53.1 Å². The second kappa shape index (κ2) is 9.07. The van der Waals surface area contributed by atoms with Gasteiger partial charge in [-0.25, -0.2) is 21.2 Å². The molecule has 0 atom stereocenters. The Morgan fingerprint density at radius 1 is 0.941 bits per heavy atom. The molecule has 3 aromatic carbocycles. The minimum absolute atomic E-state index is 0.0203. The summed E-state index contributed by atoms with van der Waals surface area (Å²) in [6, 6.07) is 16.4. The topological polar surface area (TPSA) is 110 Å². The number of hydrogen-bond acceptors (Lipinski definition) is 6. The quantitative estimate of drug-likeness (QED) is 0.530. The van der Waals surface area contributed by atoms with E-state index in [1.807, 2.05) is 0 Å². The van der Waals surface area contributed by atoms with E-state index in [0.29, 0.717) is 5.75 Å². The molecule has 178 valence electrons. The van der Waals surface area contributed by atoms with E-state index in [2.05, 4.69) is 4.72 Å². The number of anilines is 1. The van der Waals surface area contributed by atoms with Crippen molar-refractivity contribution in [3.8, 4) is 5.75 Å². The van der Waals surface area contributed by atoms with Gasteiger partial charge in [-0.05, 0) is 60.7 Å². The number of ether oxygens (including phenoxy) is 1. The van der Waals surface area contributed by atoms with Crippen LogP contribution in [0, 0.1) is 5.82 Å². The summed E-state index contributed by atoms with van der Waals surface area (Å²) in [6.07, 6.45) is 0. The number of hydrogen-bond donors (Lipinski definition) is 1. The second-order valence-corrected chi connectivity index (χ2v) is 11.6. The van der Waals surface area contributed by atoms with Gasteiger partial charge in [0.2, 0.25) is 0 Å². The predicted octanol–water partition coefficient (Wildman–Crippen LogP) is 2.93. The molecule has 0 unspecified atom stereocenters. The fraction of sp³-hybridized carbons (Fsp3) is 0.174. The van der Waals surface area contributed by atoms with Gasteiger partial charge < -0.3 is 9.64 Å². The van der Waals surface area contributed by atoms with Crippen molar-refractivity contribution < 1.29 is 30.8 Å². The molecule has 1 heterocycles. The summed E-state index contributed by atoms with van der Waals surface area (Å²) < 4.78 is 71.4. The summed E-state index contributed by atoms with van der Waals surface area (Å²) in [5.41, 5.74) is 0.317. The van der Waals surface area contributed by atoms with Gasteiger partial charge in [0.25, 0.3) is 15.9 Å². The molecular formula is C23H21FN2O6S2. The predicted molar refractivity (Wildman–Crippen MR) is 124 cm³/mol. The van der Waals surface area contributed by atoms with Crippen molar-refractivity contribution in [3.63, 3.8) is 0 Å². The molecule has 8 nitrogen and oxygen atoms in total. The van der Waals surface area contributed by atoms with E-state index >= 15 is 0 Å². The van der Waals surface area contributed by atoms with Crippen LogP contribution in [0.4, 0.5) is 10.1 Å². The highest BCUT2D eigenvalue weighted by molar-refractivity contribution is 7.92. The average Bonchev–Trinajstić information content (AvgIpc) is 2.78. The molecule has 0 radical (unpaired) electrons. The molecule has 4 rings (SSSR count). The Morgan fingerprint density at radius 3 is 2.26 bits per heavy atom. The van der Waals surface area contributed by atoms with Crippen LogP contribution in [0.15, 0.2) is 82.6 Å². The van der Waals surface area contributed by atoms with E-state index in [-0.39, 0.29) is 34.1 Å². The Balaban J connectivity index is 1.44. The van der Waals surface area contributed by atoms with Gasteiger partial charge in [-0.15, -0.1) is 0 Å². The first kappa shape index (κ1) is 23.7. The fourth-order valence-corrected chi connectivity index (χ4v) is 6.24. The van der Waals surface area contributed by atoms with Crippen molar-refractivity contribution in [2.24, 2.45) is 0 Å². The van der Waals surface area contributed by atoms with Crippen LogP contribution < -0.4 is 9.46 Å². The van der Waals surface area contributed by atoms with Crippen LogP contribution >= 0.6 is 0 Å². The zero-order valence-electron chi connectivity index (χ0n) is 18.0. The van der Waals surface area contributed by atoms with E-state index in [4.69, 9.17) is 4.74 Å². The smallest absolute Gasteiger partial charge is 0.261 e. The van der Waals surface area contributed by atoms with E-state index < -0.39 is 36.8 Å². The highest BCUT2D eigenvalue weighted by Crippen LogP contribution is 2.27. The van der Waals surface area contributed by atoms with Crippen molar-refractivity contribution in [2.75, 3.05) is 24.9 Å². The number of carbonyl (C=O) groups is 1. The lowest BCUT2D eigenvalue weighted by atomic mass is 10.1. The zero-order valence-corrected chi connectivity index (χ0v) is 19.6. The normalized spacial score (nSPS) is 14.4. The number of methoxy groups -OCH3 is 1. The SMILES string of the molecule is COc1ccc(S(=O)(=O)C2CN(C(=O)c3cccc(NS(=O)(=O)c4cccc(F)c4)c3)C2)cc1. The highest BCUT2D eigenvalue weighted by atomic mass is 32.2. The molecular weight excluding hydrogens is 483 g/mol. The highest BCUT2D eigenvalue weighted by Gasteiger charge is 2.40. The third kappa shape index (κ3) is 4.75. The first-order chi connectivity index (χ1) is 16.1. The number of sulfonamides is 1. The van der Waals surface area contributed by atoms with Gasteiger partial charge in [-0.2, -0.15) is 0 Å². The van der Waals surface area contributed by atoms with Crippen LogP contribution in [0.1, 0.15) is 10.4 Å². The third-order valence-electron chi connectivity index (χ3n) is 5.43. The van der Waals surface area contributed by atoms with E-state index in [1.165, 1.54) is 60.5 Å². The Kier molecular flexibility index (Phi) is 6.32. The summed E-state index contributed by atoms with van der Waals surface area (Å²) in [5.74, 6) is -0.575. The van der Waals surface area contributed by atoms with Crippen LogP contribution in [0.5, 0.6) is 5.75 Å². The Morgan fingerprint density at radius 2 is 1.62 bits per heavy atom. The van der Waals surface area contributed by atoms with Gasteiger partial charge in [0.05, 0.1) is 16.9 Å². The molecule has 11 heteroatoms. The zero-order chi connectivity index (χ0) is 24.5. The number of likely N-dealkylation sites (tertiary alicyclic amines) is 1. The minimum atomic E-state index is -4.06. The number of halogens is 1. The summed E-state index contributed by atoms with van der Waals surface area (Å²) in [5, 5.41) is -0.737. The molecule has 1 N–H and O–H groups in total. The van der Waals surface area contributed by atoms with Gasteiger partial charge >= 0.3 is 0 Å². The monoisotopic (exact) mass is 504 g/mol. The van der Waals surface area contributed by atoms with E-state index in [1.54, 1.807) is 12.1 Å². The lowest BCUT2D eigenvalue weighted by molar-refractivity contribution is 0.0659.